The maximum Gasteiger partial charge on any atom is 0.237 e. The van der Waals surface area contributed by atoms with Gasteiger partial charge in [-0.2, -0.15) is 0 Å². The molecule has 1 amide bonds. The Balaban J connectivity index is 2.52. The van der Waals surface area contributed by atoms with E-state index in [9.17, 15) is 4.79 Å². The molecule has 1 aliphatic carbocycles. The third-order valence-corrected chi connectivity index (χ3v) is 2.62. The van der Waals surface area contributed by atoms with E-state index in [1.54, 1.807) is 0 Å². The van der Waals surface area contributed by atoms with Gasteiger partial charge in [0.1, 0.15) is 0 Å². The quantitative estimate of drug-likeness (QED) is 0.306. The van der Waals surface area contributed by atoms with Crippen LogP contribution in [0.4, 0.5) is 0 Å². The maximum atomic E-state index is 11.2. The molecule has 0 radical (unpaired) electrons. The van der Waals surface area contributed by atoms with E-state index in [1.807, 2.05) is 0 Å². The lowest BCUT2D eigenvalue weighted by Crippen LogP contribution is -2.41. The molecule has 0 aromatic rings. The van der Waals surface area contributed by atoms with Crippen molar-refractivity contribution in [1.29, 1.82) is 0 Å². The van der Waals surface area contributed by atoms with Crippen LogP contribution in [0.15, 0.2) is 0 Å². The molecule has 1 fully saturated rings. The lowest BCUT2D eigenvalue weighted by molar-refractivity contribution is -0.128. The summed E-state index contributed by atoms with van der Waals surface area (Å²) in [6.07, 6.45) is 3.97. The van der Waals surface area contributed by atoms with E-state index in [0.717, 1.165) is 25.7 Å². The molecule has 0 spiro atoms. The van der Waals surface area contributed by atoms with Crippen molar-refractivity contribution in [2.24, 2.45) is 17.7 Å². The topological polar surface area (TPSA) is 75.3 Å². The number of carbonyl (C=O) groups is 1. The van der Waals surface area contributed by atoms with Gasteiger partial charge < -0.3 is 5.11 Å². The average Bonchev–Trinajstić information content (AvgIpc) is 2.16. The zero-order valence-corrected chi connectivity index (χ0v) is 7.12. The second kappa shape index (κ2) is 4.42. The van der Waals surface area contributed by atoms with Crippen LogP contribution in [0.1, 0.15) is 25.7 Å². The number of amides is 1. The Labute approximate surface area is 72.1 Å². The van der Waals surface area contributed by atoms with E-state index >= 15 is 0 Å². The third-order valence-electron chi connectivity index (χ3n) is 2.62. The summed E-state index contributed by atoms with van der Waals surface area (Å²) in [5.41, 5.74) is 2.15. The van der Waals surface area contributed by atoms with E-state index in [-0.39, 0.29) is 24.3 Å². The predicted octanol–water partition coefficient (Wildman–Crippen LogP) is -0.225. The largest absolute Gasteiger partial charge is 0.396 e. The highest BCUT2D eigenvalue weighted by molar-refractivity contribution is 5.78. The van der Waals surface area contributed by atoms with E-state index in [0.29, 0.717) is 0 Å². The number of aliphatic hydroxyl groups excluding tert-OH is 1. The molecule has 2 atom stereocenters. The molecule has 0 aromatic heterocycles. The lowest BCUT2D eigenvalue weighted by atomic mass is 9.79. The summed E-state index contributed by atoms with van der Waals surface area (Å²) in [7, 11) is 0. The summed E-state index contributed by atoms with van der Waals surface area (Å²) in [5.74, 6) is 4.95. The minimum absolute atomic E-state index is 0.0752. The van der Waals surface area contributed by atoms with Crippen LogP contribution in [0.3, 0.4) is 0 Å². The Morgan fingerprint density at radius 2 is 2.17 bits per heavy atom. The standard InChI is InChI=1S/C8H16N2O2/c9-10-8(12)7-4-2-1-3-6(7)5-11/h6-7,11H,1-5,9H2,(H,10,12)/t6-,7-/m0/s1. The molecule has 0 heterocycles. The van der Waals surface area contributed by atoms with Crippen LogP contribution in [0, 0.1) is 11.8 Å². The van der Waals surface area contributed by atoms with E-state index in [4.69, 9.17) is 10.9 Å². The minimum atomic E-state index is -0.131. The first-order chi connectivity index (χ1) is 5.79. The summed E-state index contributed by atoms with van der Waals surface area (Å²) in [5, 5.41) is 8.99. The van der Waals surface area contributed by atoms with Crippen molar-refractivity contribution in [2.75, 3.05) is 6.61 Å². The highest BCUT2D eigenvalue weighted by Crippen LogP contribution is 2.29. The summed E-state index contributed by atoms with van der Waals surface area (Å²) in [4.78, 5) is 11.2. The molecule has 4 nitrogen and oxygen atoms in total. The first kappa shape index (κ1) is 9.48. The first-order valence-electron chi connectivity index (χ1n) is 4.41. The van der Waals surface area contributed by atoms with Gasteiger partial charge in [0.2, 0.25) is 5.91 Å². The first-order valence-corrected chi connectivity index (χ1v) is 4.41. The molecule has 4 N–H and O–H groups in total. The summed E-state index contributed by atoms with van der Waals surface area (Å²) < 4.78 is 0. The van der Waals surface area contributed by atoms with E-state index < -0.39 is 0 Å². The highest BCUT2D eigenvalue weighted by Gasteiger charge is 2.29. The van der Waals surface area contributed by atoms with Gasteiger partial charge >= 0.3 is 0 Å². The van der Waals surface area contributed by atoms with Gasteiger partial charge in [0.15, 0.2) is 0 Å². The van der Waals surface area contributed by atoms with Gasteiger partial charge in [0, 0.05) is 12.5 Å². The van der Waals surface area contributed by atoms with Gasteiger partial charge in [0.05, 0.1) is 0 Å². The van der Waals surface area contributed by atoms with Crippen LogP contribution < -0.4 is 11.3 Å². The van der Waals surface area contributed by atoms with Crippen molar-refractivity contribution in [3.05, 3.63) is 0 Å². The second-order valence-corrected chi connectivity index (χ2v) is 3.34. The van der Waals surface area contributed by atoms with Crippen molar-refractivity contribution in [2.45, 2.75) is 25.7 Å². The predicted molar refractivity (Wildman–Crippen MR) is 44.9 cm³/mol. The van der Waals surface area contributed by atoms with Crippen LogP contribution in [0.2, 0.25) is 0 Å². The normalized spacial score (nSPS) is 29.8. The van der Waals surface area contributed by atoms with Gasteiger partial charge in [-0.05, 0) is 18.8 Å². The molecule has 1 aliphatic rings. The molecule has 0 aliphatic heterocycles. The summed E-state index contributed by atoms with van der Waals surface area (Å²) in [6.45, 7) is 0.0953. The van der Waals surface area contributed by atoms with Crippen molar-refractivity contribution >= 4 is 5.91 Å². The molecule has 12 heavy (non-hydrogen) atoms. The fourth-order valence-electron chi connectivity index (χ4n) is 1.88. The smallest absolute Gasteiger partial charge is 0.237 e. The molecule has 0 unspecified atom stereocenters. The van der Waals surface area contributed by atoms with Gasteiger partial charge in [-0.25, -0.2) is 5.84 Å². The molecule has 1 rings (SSSR count). The molecule has 4 heteroatoms. The molecule has 0 saturated heterocycles. The molecule has 0 bridgehead atoms. The Morgan fingerprint density at radius 3 is 2.75 bits per heavy atom. The van der Waals surface area contributed by atoms with Gasteiger partial charge in [-0.3, -0.25) is 10.2 Å². The van der Waals surface area contributed by atoms with Crippen molar-refractivity contribution in [1.82, 2.24) is 5.43 Å². The van der Waals surface area contributed by atoms with Crippen LogP contribution in [0.5, 0.6) is 0 Å². The Morgan fingerprint density at radius 1 is 1.50 bits per heavy atom. The van der Waals surface area contributed by atoms with E-state index in [2.05, 4.69) is 5.43 Å². The molecule has 0 aromatic carbocycles. The zero-order valence-electron chi connectivity index (χ0n) is 7.12. The SMILES string of the molecule is NNC(=O)[C@H]1CCCC[C@H]1CO. The number of hydrogen-bond acceptors (Lipinski definition) is 3. The fourth-order valence-corrected chi connectivity index (χ4v) is 1.88. The average molecular weight is 172 g/mol. The number of hydrogen-bond donors (Lipinski definition) is 3. The van der Waals surface area contributed by atoms with Crippen molar-refractivity contribution in [3.8, 4) is 0 Å². The second-order valence-electron chi connectivity index (χ2n) is 3.34. The molecule has 1 saturated carbocycles. The fraction of sp³-hybridized carbons (Fsp3) is 0.875. The van der Waals surface area contributed by atoms with E-state index in [1.165, 1.54) is 0 Å². The number of nitrogens with one attached hydrogen (secondary N) is 1. The Bertz CT molecular complexity index is 161. The maximum absolute atomic E-state index is 11.2. The van der Waals surface area contributed by atoms with Gasteiger partial charge in [-0.15, -0.1) is 0 Å². The summed E-state index contributed by atoms with van der Waals surface area (Å²) >= 11 is 0. The third kappa shape index (κ3) is 1.95. The van der Waals surface area contributed by atoms with Crippen LogP contribution in [-0.2, 0) is 4.79 Å². The van der Waals surface area contributed by atoms with Crippen LogP contribution >= 0.6 is 0 Å². The number of rotatable bonds is 2. The van der Waals surface area contributed by atoms with Gasteiger partial charge in [0.25, 0.3) is 0 Å². The van der Waals surface area contributed by atoms with Crippen LogP contribution in [-0.4, -0.2) is 17.6 Å². The summed E-state index contributed by atoms with van der Waals surface area (Å²) in [6, 6.07) is 0. The van der Waals surface area contributed by atoms with Gasteiger partial charge in [-0.1, -0.05) is 12.8 Å². The van der Waals surface area contributed by atoms with Crippen molar-refractivity contribution in [3.63, 3.8) is 0 Å². The zero-order chi connectivity index (χ0) is 8.97. The monoisotopic (exact) mass is 172 g/mol. The molecular formula is C8H16N2O2. The minimum Gasteiger partial charge on any atom is -0.396 e. The highest BCUT2D eigenvalue weighted by atomic mass is 16.3. The number of aliphatic hydroxyl groups is 1. The Hall–Kier alpha value is -0.610. The Kier molecular flexibility index (Phi) is 3.49. The number of nitrogens with two attached hydrogens (primary N) is 1. The lowest BCUT2D eigenvalue weighted by Gasteiger charge is -2.28. The number of hydrazine groups is 1. The molecular weight excluding hydrogens is 156 g/mol. The molecule has 70 valence electrons. The number of carbonyl (C=O) groups excluding carboxylic acids is 1. The van der Waals surface area contributed by atoms with Crippen LogP contribution in [0.25, 0.3) is 0 Å². The van der Waals surface area contributed by atoms with Crippen molar-refractivity contribution < 1.29 is 9.90 Å².